The van der Waals surface area contributed by atoms with Crippen LogP contribution in [-0.2, 0) is 11.2 Å². The molecule has 0 spiro atoms. The minimum Gasteiger partial charge on any atom is -0.373 e. The summed E-state index contributed by atoms with van der Waals surface area (Å²) in [7, 11) is 0. The van der Waals surface area contributed by atoms with Gasteiger partial charge in [0.15, 0.2) is 0 Å². The van der Waals surface area contributed by atoms with E-state index < -0.39 is 5.82 Å². The van der Waals surface area contributed by atoms with Gasteiger partial charge in [0.05, 0.1) is 5.02 Å². The number of fused-ring (bicyclic) bond motifs is 1. The molecule has 102 valence electrons. The second kappa shape index (κ2) is 5.13. The molecule has 5 heteroatoms. The fourth-order valence-corrected chi connectivity index (χ4v) is 2.38. The minimum absolute atomic E-state index is 0.0365. The van der Waals surface area contributed by atoms with Gasteiger partial charge in [-0.05, 0) is 29.8 Å². The number of carbonyl (C=O) groups excluding carboxylic acids is 1. The molecule has 0 aromatic heterocycles. The molecule has 3 rings (SSSR count). The molecule has 0 radical (unpaired) electrons. The summed E-state index contributed by atoms with van der Waals surface area (Å²) in [5.74, 6) is -0.741. The van der Waals surface area contributed by atoms with Gasteiger partial charge < -0.3 is 10.6 Å². The molecular weight excluding hydrogens is 279 g/mol. The van der Waals surface area contributed by atoms with Crippen LogP contribution in [0, 0.1) is 5.82 Å². The summed E-state index contributed by atoms with van der Waals surface area (Å²) in [6, 6.07) is 11.6. The second-order valence-electron chi connectivity index (χ2n) is 4.68. The first-order valence-corrected chi connectivity index (χ1v) is 6.61. The normalized spacial score (nSPS) is 16.4. The van der Waals surface area contributed by atoms with E-state index in [1.807, 2.05) is 24.3 Å². The number of nitrogens with one attached hydrogen (secondary N) is 2. The van der Waals surface area contributed by atoms with Crippen LogP contribution in [0.4, 0.5) is 15.8 Å². The van der Waals surface area contributed by atoms with E-state index in [9.17, 15) is 9.18 Å². The maximum absolute atomic E-state index is 13.3. The number of rotatable bonds is 2. The van der Waals surface area contributed by atoms with Crippen LogP contribution in [0.3, 0.4) is 0 Å². The Labute approximate surface area is 120 Å². The fourth-order valence-electron chi connectivity index (χ4n) is 2.26. The van der Waals surface area contributed by atoms with Crippen molar-refractivity contribution in [2.24, 2.45) is 0 Å². The Kier molecular flexibility index (Phi) is 3.32. The highest BCUT2D eigenvalue weighted by atomic mass is 35.5. The second-order valence-corrected chi connectivity index (χ2v) is 5.08. The lowest BCUT2D eigenvalue weighted by molar-refractivity contribution is -0.116. The number of para-hydroxylation sites is 1. The summed E-state index contributed by atoms with van der Waals surface area (Å²) in [4.78, 5) is 12.2. The Morgan fingerprint density at radius 3 is 2.85 bits per heavy atom. The first-order chi connectivity index (χ1) is 9.63. The zero-order chi connectivity index (χ0) is 14.1. The van der Waals surface area contributed by atoms with Gasteiger partial charge in [-0.15, -0.1) is 0 Å². The summed E-state index contributed by atoms with van der Waals surface area (Å²) in [6.07, 6.45) is 0.623. The molecule has 1 aliphatic rings. The van der Waals surface area contributed by atoms with E-state index in [-0.39, 0.29) is 17.0 Å². The Bertz CT molecular complexity index is 650. The number of hydrogen-bond donors (Lipinski definition) is 2. The zero-order valence-electron chi connectivity index (χ0n) is 10.5. The third-order valence-electron chi connectivity index (χ3n) is 3.27. The molecule has 0 saturated heterocycles. The standard InChI is InChI=1S/C15H12ClFN2O/c16-11-6-5-10(8-12(11)17)18-15(20)14-7-9-3-1-2-4-13(9)19-14/h1-6,8,14,19H,7H2,(H,18,20). The molecule has 2 aromatic carbocycles. The third kappa shape index (κ3) is 2.47. The average Bonchev–Trinajstić information content (AvgIpc) is 2.87. The van der Waals surface area contributed by atoms with Gasteiger partial charge >= 0.3 is 0 Å². The van der Waals surface area contributed by atoms with Gasteiger partial charge in [0, 0.05) is 17.8 Å². The molecule has 1 heterocycles. The lowest BCUT2D eigenvalue weighted by Gasteiger charge is -2.12. The molecule has 20 heavy (non-hydrogen) atoms. The Balaban J connectivity index is 1.71. The van der Waals surface area contributed by atoms with E-state index >= 15 is 0 Å². The maximum Gasteiger partial charge on any atom is 0.247 e. The van der Waals surface area contributed by atoms with E-state index in [0.29, 0.717) is 12.1 Å². The van der Waals surface area contributed by atoms with Gasteiger partial charge in [-0.2, -0.15) is 0 Å². The number of benzene rings is 2. The van der Waals surface area contributed by atoms with Crippen LogP contribution in [0.1, 0.15) is 5.56 Å². The Morgan fingerprint density at radius 1 is 1.30 bits per heavy atom. The number of carbonyl (C=O) groups is 1. The van der Waals surface area contributed by atoms with Crippen LogP contribution in [0.25, 0.3) is 0 Å². The van der Waals surface area contributed by atoms with Crippen molar-refractivity contribution in [3.63, 3.8) is 0 Å². The molecule has 2 N–H and O–H groups in total. The van der Waals surface area contributed by atoms with E-state index in [1.165, 1.54) is 12.1 Å². The van der Waals surface area contributed by atoms with Crippen LogP contribution in [0.5, 0.6) is 0 Å². The van der Waals surface area contributed by atoms with Crippen molar-refractivity contribution in [2.45, 2.75) is 12.5 Å². The predicted octanol–water partition coefficient (Wildman–Crippen LogP) is 3.45. The van der Waals surface area contributed by atoms with Crippen LogP contribution in [0.2, 0.25) is 5.02 Å². The van der Waals surface area contributed by atoms with E-state index in [4.69, 9.17) is 11.6 Å². The fraction of sp³-hybridized carbons (Fsp3) is 0.133. The molecule has 0 bridgehead atoms. The van der Waals surface area contributed by atoms with E-state index in [0.717, 1.165) is 11.3 Å². The first-order valence-electron chi connectivity index (χ1n) is 6.24. The minimum atomic E-state index is -0.549. The van der Waals surface area contributed by atoms with Crippen molar-refractivity contribution in [1.82, 2.24) is 0 Å². The summed E-state index contributed by atoms with van der Waals surface area (Å²) >= 11 is 5.61. The number of anilines is 2. The maximum atomic E-state index is 13.3. The monoisotopic (exact) mass is 290 g/mol. The average molecular weight is 291 g/mol. The number of hydrogen-bond acceptors (Lipinski definition) is 2. The van der Waals surface area contributed by atoms with Gasteiger partial charge in [0.25, 0.3) is 0 Å². The molecule has 1 aliphatic heterocycles. The van der Waals surface area contributed by atoms with Gasteiger partial charge in [0.1, 0.15) is 11.9 Å². The summed E-state index contributed by atoms with van der Waals surface area (Å²) in [6.45, 7) is 0. The molecule has 2 aromatic rings. The highest BCUT2D eigenvalue weighted by Gasteiger charge is 2.26. The van der Waals surface area contributed by atoms with Crippen LogP contribution >= 0.6 is 11.6 Å². The van der Waals surface area contributed by atoms with Crippen molar-refractivity contribution in [3.05, 3.63) is 58.9 Å². The lowest BCUT2D eigenvalue weighted by Crippen LogP contribution is -2.32. The molecule has 1 unspecified atom stereocenters. The molecular formula is C15H12ClFN2O. The number of halogens is 2. The Morgan fingerprint density at radius 2 is 2.10 bits per heavy atom. The quantitative estimate of drug-likeness (QED) is 0.889. The third-order valence-corrected chi connectivity index (χ3v) is 3.58. The highest BCUT2D eigenvalue weighted by molar-refractivity contribution is 6.30. The SMILES string of the molecule is O=C(Nc1ccc(Cl)c(F)c1)C1Cc2ccccc2N1. The van der Waals surface area contributed by atoms with Gasteiger partial charge in [0.2, 0.25) is 5.91 Å². The first kappa shape index (κ1) is 12.9. The summed E-state index contributed by atoms with van der Waals surface area (Å²) < 4.78 is 13.3. The molecule has 0 fully saturated rings. The highest BCUT2D eigenvalue weighted by Crippen LogP contribution is 2.26. The van der Waals surface area contributed by atoms with Crippen molar-refractivity contribution < 1.29 is 9.18 Å². The topological polar surface area (TPSA) is 41.1 Å². The van der Waals surface area contributed by atoms with Crippen molar-refractivity contribution in [3.8, 4) is 0 Å². The van der Waals surface area contributed by atoms with Crippen LogP contribution in [-0.4, -0.2) is 11.9 Å². The van der Waals surface area contributed by atoms with Gasteiger partial charge in [-0.25, -0.2) is 4.39 Å². The Hall–Kier alpha value is -2.07. The predicted molar refractivity (Wildman–Crippen MR) is 77.6 cm³/mol. The molecule has 0 aliphatic carbocycles. The lowest BCUT2D eigenvalue weighted by atomic mass is 10.1. The zero-order valence-corrected chi connectivity index (χ0v) is 11.2. The number of amides is 1. The molecule has 1 atom stereocenters. The smallest absolute Gasteiger partial charge is 0.247 e. The molecule has 0 saturated carbocycles. The molecule has 1 amide bonds. The van der Waals surface area contributed by atoms with Crippen LogP contribution < -0.4 is 10.6 Å². The van der Waals surface area contributed by atoms with Crippen molar-refractivity contribution in [1.29, 1.82) is 0 Å². The van der Waals surface area contributed by atoms with Crippen LogP contribution in [0.15, 0.2) is 42.5 Å². The van der Waals surface area contributed by atoms with Gasteiger partial charge in [-0.3, -0.25) is 4.79 Å². The van der Waals surface area contributed by atoms with E-state index in [1.54, 1.807) is 6.07 Å². The van der Waals surface area contributed by atoms with Crippen molar-refractivity contribution >= 4 is 28.9 Å². The van der Waals surface area contributed by atoms with Crippen molar-refractivity contribution in [2.75, 3.05) is 10.6 Å². The van der Waals surface area contributed by atoms with E-state index in [2.05, 4.69) is 10.6 Å². The molecule has 3 nitrogen and oxygen atoms in total. The van der Waals surface area contributed by atoms with Gasteiger partial charge in [-0.1, -0.05) is 29.8 Å². The summed E-state index contributed by atoms with van der Waals surface area (Å²) in [5, 5.41) is 5.87. The summed E-state index contributed by atoms with van der Waals surface area (Å²) in [5.41, 5.74) is 2.47. The largest absolute Gasteiger partial charge is 0.373 e.